The number of carboxylic acid groups (broad SMARTS) is 1. The van der Waals surface area contributed by atoms with Crippen LogP contribution in [-0.4, -0.2) is 29.1 Å². The Morgan fingerprint density at radius 2 is 2.31 bits per heavy atom. The number of carbonyl (C=O) groups is 1. The molecule has 1 aliphatic heterocycles. The van der Waals surface area contributed by atoms with E-state index in [2.05, 4.69) is 30.0 Å². The van der Waals surface area contributed by atoms with Gasteiger partial charge in [-0.3, -0.25) is 9.69 Å². The molecule has 1 heterocycles. The average molecular weight is 219 g/mol. The van der Waals surface area contributed by atoms with Crippen molar-refractivity contribution in [3.05, 3.63) is 34.9 Å². The second kappa shape index (κ2) is 4.66. The van der Waals surface area contributed by atoms with Gasteiger partial charge < -0.3 is 5.11 Å². The van der Waals surface area contributed by atoms with Gasteiger partial charge in [-0.2, -0.15) is 0 Å². The second-order valence-corrected chi connectivity index (χ2v) is 4.38. The Hall–Kier alpha value is -1.35. The van der Waals surface area contributed by atoms with Gasteiger partial charge in [-0.05, 0) is 30.0 Å². The second-order valence-electron chi connectivity index (χ2n) is 4.38. The SMILES string of the molecule is Cc1cccc2c1CCN(CCC(=O)O)C2. The molecule has 0 aliphatic carbocycles. The van der Waals surface area contributed by atoms with Gasteiger partial charge in [-0.25, -0.2) is 0 Å². The quantitative estimate of drug-likeness (QED) is 0.843. The number of aryl methyl sites for hydroxylation is 1. The summed E-state index contributed by atoms with van der Waals surface area (Å²) in [4.78, 5) is 12.7. The molecule has 86 valence electrons. The number of nitrogens with zero attached hydrogens (tertiary/aromatic N) is 1. The zero-order chi connectivity index (χ0) is 11.5. The smallest absolute Gasteiger partial charge is 0.304 e. The van der Waals surface area contributed by atoms with Crippen molar-refractivity contribution in [1.29, 1.82) is 0 Å². The number of carboxylic acids is 1. The van der Waals surface area contributed by atoms with E-state index in [-0.39, 0.29) is 6.42 Å². The number of fused-ring (bicyclic) bond motifs is 1. The van der Waals surface area contributed by atoms with Crippen LogP contribution >= 0.6 is 0 Å². The highest BCUT2D eigenvalue weighted by Gasteiger charge is 2.17. The Bertz CT molecular complexity index is 401. The van der Waals surface area contributed by atoms with Crippen molar-refractivity contribution in [2.75, 3.05) is 13.1 Å². The van der Waals surface area contributed by atoms with Crippen molar-refractivity contribution in [2.24, 2.45) is 0 Å². The van der Waals surface area contributed by atoms with Gasteiger partial charge in [-0.15, -0.1) is 0 Å². The molecule has 1 aliphatic rings. The topological polar surface area (TPSA) is 40.5 Å². The molecule has 2 rings (SSSR count). The fraction of sp³-hybridized carbons (Fsp3) is 0.462. The Balaban J connectivity index is 2.04. The van der Waals surface area contributed by atoms with Gasteiger partial charge in [0, 0.05) is 19.6 Å². The third kappa shape index (κ3) is 2.42. The van der Waals surface area contributed by atoms with Crippen LogP contribution in [0.2, 0.25) is 0 Å². The van der Waals surface area contributed by atoms with E-state index >= 15 is 0 Å². The van der Waals surface area contributed by atoms with Gasteiger partial charge in [-0.1, -0.05) is 18.2 Å². The first kappa shape index (κ1) is 11.1. The maximum Gasteiger partial charge on any atom is 0.304 e. The molecule has 0 unspecified atom stereocenters. The van der Waals surface area contributed by atoms with E-state index in [9.17, 15) is 4.79 Å². The van der Waals surface area contributed by atoms with E-state index in [0.717, 1.165) is 19.5 Å². The summed E-state index contributed by atoms with van der Waals surface area (Å²) in [6, 6.07) is 6.37. The van der Waals surface area contributed by atoms with E-state index in [1.165, 1.54) is 16.7 Å². The zero-order valence-electron chi connectivity index (χ0n) is 9.57. The minimum absolute atomic E-state index is 0.237. The van der Waals surface area contributed by atoms with Crippen molar-refractivity contribution < 1.29 is 9.90 Å². The summed E-state index contributed by atoms with van der Waals surface area (Å²) in [5.41, 5.74) is 4.17. The van der Waals surface area contributed by atoms with Crippen LogP contribution < -0.4 is 0 Å². The summed E-state index contributed by atoms with van der Waals surface area (Å²) in [6.45, 7) is 4.67. The molecule has 0 atom stereocenters. The first-order valence-electron chi connectivity index (χ1n) is 5.68. The lowest BCUT2D eigenvalue weighted by molar-refractivity contribution is -0.137. The number of aliphatic carboxylic acids is 1. The highest BCUT2D eigenvalue weighted by molar-refractivity contribution is 5.66. The zero-order valence-corrected chi connectivity index (χ0v) is 9.57. The van der Waals surface area contributed by atoms with Crippen LogP contribution in [0.15, 0.2) is 18.2 Å². The number of rotatable bonds is 3. The van der Waals surface area contributed by atoms with Crippen LogP contribution in [0.3, 0.4) is 0 Å². The fourth-order valence-electron chi connectivity index (χ4n) is 2.30. The van der Waals surface area contributed by atoms with Crippen LogP contribution in [0, 0.1) is 6.92 Å². The van der Waals surface area contributed by atoms with Crippen LogP contribution in [0.25, 0.3) is 0 Å². The molecule has 3 nitrogen and oxygen atoms in total. The van der Waals surface area contributed by atoms with E-state index < -0.39 is 5.97 Å². The molecular weight excluding hydrogens is 202 g/mol. The molecule has 1 N–H and O–H groups in total. The summed E-state index contributed by atoms with van der Waals surface area (Å²) < 4.78 is 0. The standard InChI is InChI=1S/C13H17NO2/c1-10-3-2-4-11-9-14(7-5-12(10)11)8-6-13(15)16/h2-4H,5-9H2,1H3,(H,15,16). The molecule has 0 spiro atoms. The maximum atomic E-state index is 10.5. The molecule has 1 aromatic carbocycles. The van der Waals surface area contributed by atoms with Crippen molar-refractivity contribution in [1.82, 2.24) is 4.90 Å². The third-order valence-corrected chi connectivity index (χ3v) is 3.22. The summed E-state index contributed by atoms with van der Waals surface area (Å²) in [5, 5.41) is 8.66. The van der Waals surface area contributed by atoms with Gasteiger partial charge in [0.1, 0.15) is 0 Å². The average Bonchev–Trinajstić information content (AvgIpc) is 2.26. The minimum Gasteiger partial charge on any atom is -0.481 e. The number of hydrogen-bond acceptors (Lipinski definition) is 2. The first-order valence-corrected chi connectivity index (χ1v) is 5.68. The summed E-state index contributed by atoms with van der Waals surface area (Å²) >= 11 is 0. The summed E-state index contributed by atoms with van der Waals surface area (Å²) in [6.07, 6.45) is 1.28. The molecule has 0 saturated carbocycles. The third-order valence-electron chi connectivity index (χ3n) is 3.22. The van der Waals surface area contributed by atoms with Crippen LogP contribution in [-0.2, 0) is 17.8 Å². The lowest BCUT2D eigenvalue weighted by Gasteiger charge is -2.29. The maximum absolute atomic E-state index is 10.5. The minimum atomic E-state index is -0.713. The van der Waals surface area contributed by atoms with Gasteiger partial charge in [0.25, 0.3) is 0 Å². The van der Waals surface area contributed by atoms with E-state index in [1.807, 2.05) is 0 Å². The van der Waals surface area contributed by atoms with Gasteiger partial charge in [0.05, 0.1) is 6.42 Å². The predicted molar refractivity (Wildman–Crippen MR) is 62.4 cm³/mol. The Kier molecular flexibility index (Phi) is 3.25. The molecule has 0 radical (unpaired) electrons. The summed E-state index contributed by atoms with van der Waals surface area (Å²) in [5.74, 6) is -0.713. The van der Waals surface area contributed by atoms with E-state index in [0.29, 0.717) is 6.54 Å². The van der Waals surface area contributed by atoms with Crippen molar-refractivity contribution >= 4 is 5.97 Å². The molecule has 0 fully saturated rings. The van der Waals surface area contributed by atoms with Gasteiger partial charge in [0.15, 0.2) is 0 Å². The van der Waals surface area contributed by atoms with Crippen molar-refractivity contribution in [2.45, 2.75) is 26.3 Å². The highest BCUT2D eigenvalue weighted by Crippen LogP contribution is 2.21. The van der Waals surface area contributed by atoms with Crippen LogP contribution in [0.5, 0.6) is 0 Å². The lowest BCUT2D eigenvalue weighted by atomic mass is 9.95. The number of benzene rings is 1. The predicted octanol–water partition coefficient (Wildman–Crippen LogP) is 1.83. The largest absolute Gasteiger partial charge is 0.481 e. The van der Waals surface area contributed by atoms with Crippen LogP contribution in [0.1, 0.15) is 23.1 Å². The van der Waals surface area contributed by atoms with E-state index in [4.69, 9.17) is 5.11 Å². The monoisotopic (exact) mass is 219 g/mol. The molecule has 0 aromatic heterocycles. The first-order chi connectivity index (χ1) is 7.66. The molecule has 0 amide bonds. The Labute approximate surface area is 95.7 Å². The molecule has 0 bridgehead atoms. The Morgan fingerprint density at radius 3 is 3.06 bits per heavy atom. The molecular formula is C13H17NO2. The Morgan fingerprint density at radius 1 is 1.50 bits per heavy atom. The van der Waals surface area contributed by atoms with Gasteiger partial charge >= 0.3 is 5.97 Å². The summed E-state index contributed by atoms with van der Waals surface area (Å²) in [7, 11) is 0. The van der Waals surface area contributed by atoms with Crippen molar-refractivity contribution in [3.63, 3.8) is 0 Å². The lowest BCUT2D eigenvalue weighted by Crippen LogP contribution is -2.32. The fourth-order valence-corrected chi connectivity index (χ4v) is 2.30. The van der Waals surface area contributed by atoms with E-state index in [1.54, 1.807) is 0 Å². The number of hydrogen-bond donors (Lipinski definition) is 1. The molecule has 16 heavy (non-hydrogen) atoms. The van der Waals surface area contributed by atoms with Gasteiger partial charge in [0.2, 0.25) is 0 Å². The molecule has 0 saturated heterocycles. The molecule has 1 aromatic rings. The normalized spacial score (nSPS) is 15.8. The highest BCUT2D eigenvalue weighted by atomic mass is 16.4. The molecule has 3 heteroatoms. The van der Waals surface area contributed by atoms with Crippen molar-refractivity contribution in [3.8, 4) is 0 Å². The van der Waals surface area contributed by atoms with Crippen LogP contribution in [0.4, 0.5) is 0 Å².